The molecule has 0 N–H and O–H groups in total. The van der Waals surface area contributed by atoms with Gasteiger partial charge in [0.05, 0.1) is 12.7 Å². The van der Waals surface area contributed by atoms with Crippen molar-refractivity contribution in [1.29, 1.82) is 0 Å². The molecule has 0 heterocycles. The number of hydrogen-bond donors (Lipinski definition) is 0. The molecule has 0 aliphatic heterocycles. The van der Waals surface area contributed by atoms with E-state index in [1.165, 1.54) is 89.9 Å². The fourth-order valence-electron chi connectivity index (χ4n) is 3.74. The van der Waals surface area contributed by atoms with Crippen LogP contribution in [0.15, 0.2) is 0 Å². The van der Waals surface area contributed by atoms with E-state index in [1.54, 1.807) is 0 Å². The predicted molar refractivity (Wildman–Crippen MR) is 145 cm³/mol. The van der Waals surface area contributed by atoms with E-state index in [4.69, 9.17) is 9.05 Å². The Bertz CT molecular complexity index is 480. The molecule has 0 amide bonds. The highest BCUT2D eigenvalue weighted by Gasteiger charge is 2.22. The molecule has 3 unspecified atom stereocenters. The summed E-state index contributed by atoms with van der Waals surface area (Å²) in [6.07, 6.45) is 19.8. The fraction of sp³-hybridized carbons (Fsp3) is 0.962. The smallest absolute Gasteiger partial charge is 0.359 e. The molecule has 0 saturated carbocycles. The van der Waals surface area contributed by atoms with Gasteiger partial charge in [0.25, 0.3) is 0 Å². The topological polar surface area (TPSA) is 71.1 Å². The van der Waals surface area contributed by atoms with Crippen LogP contribution in [-0.2, 0) is 23.4 Å². The first-order valence-corrected chi connectivity index (χ1v) is 16.2. The highest BCUT2D eigenvalue weighted by Crippen LogP contribution is 2.33. The van der Waals surface area contributed by atoms with Crippen LogP contribution in [0.4, 0.5) is 4.79 Å². The maximum atomic E-state index is 12.2. The summed E-state index contributed by atoms with van der Waals surface area (Å²) in [5.74, 6) is 1.08. The number of thioether (sulfide) groups is 1. The Labute approximate surface area is 214 Å². The van der Waals surface area contributed by atoms with Crippen molar-refractivity contribution in [2.75, 3.05) is 12.4 Å². The van der Waals surface area contributed by atoms with Crippen LogP contribution in [0.2, 0.25) is 0 Å². The average molecular weight is 525 g/mol. The molecule has 0 fully saturated rings. The molecule has 0 spiro atoms. The van der Waals surface area contributed by atoms with Crippen LogP contribution in [0.5, 0.6) is 0 Å². The minimum absolute atomic E-state index is 0.241. The van der Waals surface area contributed by atoms with Gasteiger partial charge in [0.2, 0.25) is 0 Å². The molecule has 204 valence electrons. The molecule has 0 aliphatic rings. The monoisotopic (exact) mass is 524 g/mol. The number of carbonyl (C=O) groups is 1. The average Bonchev–Trinajstić information content (AvgIpc) is 2.81. The summed E-state index contributed by atoms with van der Waals surface area (Å²) in [6.45, 7) is 8.56. The van der Waals surface area contributed by atoms with Gasteiger partial charge in [-0.05, 0) is 31.9 Å². The van der Waals surface area contributed by atoms with E-state index in [0.717, 1.165) is 18.6 Å². The Morgan fingerprint density at radius 2 is 1.29 bits per heavy atom. The Morgan fingerprint density at radius 1 is 0.765 bits per heavy atom. The SMILES string of the molecule is CCCCCCCCCCCCSC(CCCCCCC)C(C)O[PH](=O)OC(=O)OOCCC. The van der Waals surface area contributed by atoms with Crippen LogP contribution in [0.3, 0.4) is 0 Å². The van der Waals surface area contributed by atoms with Gasteiger partial charge in [-0.25, -0.2) is 9.36 Å². The Morgan fingerprint density at radius 3 is 1.85 bits per heavy atom. The van der Waals surface area contributed by atoms with Crippen molar-refractivity contribution in [3.63, 3.8) is 0 Å². The number of carbonyl (C=O) groups excluding carboxylic acids is 1. The van der Waals surface area contributed by atoms with E-state index in [1.807, 2.05) is 25.6 Å². The second-order valence-corrected chi connectivity index (χ2v) is 11.4. The largest absolute Gasteiger partial charge is 0.547 e. The molecule has 0 aliphatic carbocycles. The summed E-state index contributed by atoms with van der Waals surface area (Å²) in [5.41, 5.74) is 0. The highest BCUT2D eigenvalue weighted by molar-refractivity contribution is 7.99. The Kier molecular flexibility index (Phi) is 25.7. The van der Waals surface area contributed by atoms with Crippen molar-refractivity contribution in [2.24, 2.45) is 0 Å². The predicted octanol–water partition coefficient (Wildman–Crippen LogP) is 9.66. The van der Waals surface area contributed by atoms with E-state index in [9.17, 15) is 9.36 Å². The zero-order chi connectivity index (χ0) is 25.3. The van der Waals surface area contributed by atoms with Crippen LogP contribution in [0.25, 0.3) is 0 Å². The van der Waals surface area contributed by atoms with Crippen molar-refractivity contribution in [1.82, 2.24) is 0 Å². The lowest BCUT2D eigenvalue weighted by Gasteiger charge is -2.23. The zero-order valence-electron chi connectivity index (χ0n) is 22.4. The summed E-state index contributed by atoms with van der Waals surface area (Å²) in [4.78, 5) is 20.6. The molecule has 0 aromatic carbocycles. The van der Waals surface area contributed by atoms with E-state index < -0.39 is 14.4 Å². The molecular formula is C26H53O6PS. The number of unbranched alkanes of at least 4 members (excludes halogenated alkanes) is 13. The van der Waals surface area contributed by atoms with E-state index in [2.05, 4.69) is 23.6 Å². The molecule has 3 atom stereocenters. The lowest BCUT2D eigenvalue weighted by molar-refractivity contribution is -0.248. The molecule has 8 heteroatoms. The van der Waals surface area contributed by atoms with Gasteiger partial charge in [0.1, 0.15) is 0 Å². The first kappa shape index (κ1) is 33.8. The third kappa shape index (κ3) is 22.2. The van der Waals surface area contributed by atoms with E-state index in [0.29, 0.717) is 6.42 Å². The standard InChI is InChI=1S/C26H53O6PS/c1-5-8-10-12-13-14-15-16-18-20-23-34-25(21-19-17-11-9-6-2)24(4)31-33(28)32-26(27)30-29-22-7-3/h24-25,33H,5-23H2,1-4H3. The lowest BCUT2D eigenvalue weighted by Crippen LogP contribution is -2.22. The molecule has 0 saturated heterocycles. The normalized spacial score (nSPS) is 14.0. The zero-order valence-corrected chi connectivity index (χ0v) is 24.3. The van der Waals surface area contributed by atoms with E-state index in [-0.39, 0.29) is 18.0 Å². The van der Waals surface area contributed by atoms with Gasteiger partial charge in [-0.15, -0.1) is 0 Å². The number of hydrogen-bond acceptors (Lipinski definition) is 7. The van der Waals surface area contributed by atoms with Crippen molar-refractivity contribution < 1.29 is 28.2 Å². The highest BCUT2D eigenvalue weighted by atomic mass is 32.2. The fourth-order valence-corrected chi connectivity index (χ4v) is 5.85. The summed E-state index contributed by atoms with van der Waals surface area (Å²) in [5, 5.41) is 0.241. The molecule has 34 heavy (non-hydrogen) atoms. The Hall–Kier alpha value is -0.230. The van der Waals surface area contributed by atoms with Crippen molar-refractivity contribution in [2.45, 2.75) is 148 Å². The first-order valence-electron chi connectivity index (χ1n) is 13.9. The molecule has 0 radical (unpaired) electrons. The molecule has 0 bridgehead atoms. The van der Waals surface area contributed by atoms with Gasteiger partial charge in [0.15, 0.2) is 0 Å². The van der Waals surface area contributed by atoms with Gasteiger partial charge < -0.3 is 4.52 Å². The van der Waals surface area contributed by atoms with Gasteiger partial charge in [-0.3, -0.25) is 9.41 Å². The summed E-state index contributed by atoms with van der Waals surface area (Å²) >= 11 is 1.90. The minimum Gasteiger partial charge on any atom is -0.359 e. The first-order chi connectivity index (χ1) is 16.5. The summed E-state index contributed by atoms with van der Waals surface area (Å²) < 4.78 is 22.4. The molecule has 0 rings (SSSR count). The molecule has 0 aromatic heterocycles. The van der Waals surface area contributed by atoms with Gasteiger partial charge in [-0.1, -0.05) is 111 Å². The minimum atomic E-state index is -2.98. The summed E-state index contributed by atoms with van der Waals surface area (Å²) in [6, 6.07) is 0. The van der Waals surface area contributed by atoms with Crippen molar-refractivity contribution in [3.8, 4) is 0 Å². The number of rotatable bonds is 25. The van der Waals surface area contributed by atoms with Gasteiger partial charge >= 0.3 is 14.4 Å². The summed E-state index contributed by atoms with van der Waals surface area (Å²) in [7, 11) is -2.98. The van der Waals surface area contributed by atoms with Crippen molar-refractivity contribution in [3.05, 3.63) is 0 Å². The van der Waals surface area contributed by atoms with Crippen LogP contribution in [-0.4, -0.2) is 29.9 Å². The maximum Gasteiger partial charge on any atom is 0.547 e. The quantitative estimate of drug-likeness (QED) is 0.0509. The lowest BCUT2D eigenvalue weighted by atomic mass is 10.1. The molecule has 0 aromatic rings. The molecular weight excluding hydrogens is 471 g/mol. The van der Waals surface area contributed by atoms with Gasteiger partial charge in [0, 0.05) is 5.25 Å². The van der Waals surface area contributed by atoms with Crippen LogP contribution >= 0.6 is 20.0 Å². The second kappa shape index (κ2) is 25.9. The Balaban J connectivity index is 4.22. The maximum absolute atomic E-state index is 12.2. The van der Waals surface area contributed by atoms with E-state index >= 15 is 0 Å². The third-order valence-corrected chi connectivity index (χ3v) is 8.28. The van der Waals surface area contributed by atoms with Crippen LogP contribution < -0.4 is 0 Å². The third-order valence-electron chi connectivity index (χ3n) is 5.81. The van der Waals surface area contributed by atoms with Gasteiger partial charge in [-0.2, -0.15) is 16.6 Å². The second-order valence-electron chi connectivity index (χ2n) is 9.12. The van der Waals surface area contributed by atoms with Crippen LogP contribution in [0, 0.1) is 0 Å². The molecule has 6 nitrogen and oxygen atoms in total. The van der Waals surface area contributed by atoms with Crippen LogP contribution in [0.1, 0.15) is 137 Å². The van der Waals surface area contributed by atoms with Crippen molar-refractivity contribution >= 4 is 26.2 Å².